The van der Waals surface area contributed by atoms with Gasteiger partial charge in [-0.3, -0.25) is 0 Å². The average molecular weight is 297 g/mol. The van der Waals surface area contributed by atoms with Gasteiger partial charge in [-0.1, -0.05) is 39.7 Å². The van der Waals surface area contributed by atoms with Gasteiger partial charge in [-0.05, 0) is 23.6 Å². The van der Waals surface area contributed by atoms with Crippen molar-refractivity contribution in [2.75, 3.05) is 6.61 Å². The molecule has 0 saturated carbocycles. The van der Waals surface area contributed by atoms with E-state index < -0.39 is 0 Å². The molecule has 2 aromatic carbocycles. The van der Waals surface area contributed by atoms with Crippen LogP contribution < -0.4 is 4.74 Å². The van der Waals surface area contributed by atoms with Crippen LogP contribution in [-0.4, -0.2) is 6.61 Å². The summed E-state index contributed by atoms with van der Waals surface area (Å²) in [4.78, 5) is 0. The molecule has 0 N–H and O–H groups in total. The minimum atomic E-state index is 0.00174. The highest BCUT2D eigenvalue weighted by Gasteiger charge is 2.06. The fourth-order valence-corrected chi connectivity index (χ4v) is 2.13. The van der Waals surface area contributed by atoms with Gasteiger partial charge in [0.25, 0.3) is 0 Å². The van der Waals surface area contributed by atoms with Crippen LogP contribution in [0.15, 0.2) is 34.8 Å². The van der Waals surface area contributed by atoms with E-state index in [1.165, 1.54) is 0 Å². The van der Waals surface area contributed by atoms with Gasteiger partial charge in [0, 0.05) is 9.86 Å². The molecule has 16 heavy (non-hydrogen) atoms. The molecule has 0 unspecified atom stereocenters. The summed E-state index contributed by atoms with van der Waals surface area (Å²) in [7, 11) is 0. The predicted octanol–water partition coefficient (Wildman–Crippen LogP) is 4.16. The molecule has 0 fully saturated rings. The molecule has 80 valence electrons. The Morgan fingerprint density at radius 1 is 1.31 bits per heavy atom. The Bertz CT molecular complexity index is 577. The van der Waals surface area contributed by atoms with Gasteiger partial charge in [-0.2, -0.15) is 5.26 Å². The molecule has 0 saturated heterocycles. The van der Waals surface area contributed by atoms with Gasteiger partial charge in [0.2, 0.25) is 0 Å². The lowest BCUT2D eigenvalue weighted by Crippen LogP contribution is -1.94. The maximum absolute atomic E-state index is 8.44. The van der Waals surface area contributed by atoms with Gasteiger partial charge in [-0.15, -0.1) is 0 Å². The van der Waals surface area contributed by atoms with E-state index in [4.69, 9.17) is 21.6 Å². The summed E-state index contributed by atoms with van der Waals surface area (Å²) in [6.07, 6.45) is 0. The molecule has 0 bridgehead atoms. The van der Waals surface area contributed by atoms with Crippen LogP contribution >= 0.6 is 27.5 Å². The van der Waals surface area contributed by atoms with Crippen molar-refractivity contribution < 1.29 is 4.74 Å². The van der Waals surface area contributed by atoms with Crippen molar-refractivity contribution in [1.82, 2.24) is 0 Å². The number of benzene rings is 2. The maximum Gasteiger partial charge on any atom is 0.174 e. The molecule has 0 heterocycles. The largest absolute Gasteiger partial charge is 0.477 e. The van der Waals surface area contributed by atoms with Crippen LogP contribution in [0.4, 0.5) is 0 Å². The Morgan fingerprint density at radius 2 is 2.12 bits per heavy atom. The molecule has 0 aliphatic carbocycles. The van der Waals surface area contributed by atoms with Crippen molar-refractivity contribution >= 4 is 38.3 Å². The topological polar surface area (TPSA) is 33.0 Å². The Labute approximate surface area is 107 Å². The van der Waals surface area contributed by atoms with Crippen molar-refractivity contribution in [3.05, 3.63) is 39.8 Å². The highest BCUT2D eigenvalue weighted by Crippen LogP contribution is 2.33. The number of fused-ring (bicyclic) bond motifs is 1. The zero-order valence-corrected chi connectivity index (χ0v) is 10.5. The molecule has 0 amide bonds. The van der Waals surface area contributed by atoms with E-state index in [0.29, 0.717) is 10.8 Å². The van der Waals surface area contributed by atoms with Crippen LogP contribution in [0.1, 0.15) is 0 Å². The molecule has 0 atom stereocenters. The first-order valence-corrected chi connectivity index (χ1v) is 5.77. The molecule has 2 aromatic rings. The number of rotatable bonds is 2. The summed E-state index contributed by atoms with van der Waals surface area (Å²) < 4.78 is 6.22. The first kappa shape index (κ1) is 11.3. The number of hydrogen-bond acceptors (Lipinski definition) is 2. The maximum atomic E-state index is 8.44. The molecule has 0 spiro atoms. The lowest BCUT2D eigenvalue weighted by atomic mass is 10.1. The second kappa shape index (κ2) is 4.73. The minimum Gasteiger partial charge on any atom is -0.477 e. The Morgan fingerprint density at radius 3 is 2.88 bits per heavy atom. The van der Waals surface area contributed by atoms with Crippen LogP contribution in [0.2, 0.25) is 5.02 Å². The first-order valence-electron chi connectivity index (χ1n) is 4.60. The number of nitrogens with zero attached hydrogens (tertiary/aromatic N) is 1. The third kappa shape index (κ3) is 2.13. The number of ether oxygens (including phenoxy) is 1. The van der Waals surface area contributed by atoms with E-state index >= 15 is 0 Å². The van der Waals surface area contributed by atoms with Gasteiger partial charge in [-0.25, -0.2) is 0 Å². The highest BCUT2D eigenvalue weighted by molar-refractivity contribution is 9.10. The molecule has 2 nitrogen and oxygen atoms in total. The standard InChI is InChI=1S/C12H7BrClNO/c13-9-2-3-10-8(7-9)1-4-11(12(10)14)16-6-5-15/h1-4,7H,6H2. The normalized spacial score (nSPS) is 10.1. The molecular weight excluding hydrogens is 289 g/mol. The van der Waals surface area contributed by atoms with E-state index in [0.717, 1.165) is 15.2 Å². The van der Waals surface area contributed by atoms with Crippen molar-refractivity contribution in [3.63, 3.8) is 0 Å². The quantitative estimate of drug-likeness (QED) is 0.833. The van der Waals surface area contributed by atoms with Crippen molar-refractivity contribution in [2.45, 2.75) is 0 Å². The third-order valence-corrected chi connectivity index (χ3v) is 3.06. The first-order chi connectivity index (χ1) is 7.72. The molecule has 0 aliphatic heterocycles. The second-order valence-electron chi connectivity index (χ2n) is 3.19. The summed E-state index contributed by atoms with van der Waals surface area (Å²) in [5.41, 5.74) is 0. The number of halogens is 2. The molecule has 0 aliphatic rings. The summed E-state index contributed by atoms with van der Waals surface area (Å²) in [6.45, 7) is 0.00174. The smallest absolute Gasteiger partial charge is 0.174 e. The van der Waals surface area contributed by atoms with Gasteiger partial charge < -0.3 is 4.74 Å². The monoisotopic (exact) mass is 295 g/mol. The molecule has 0 aromatic heterocycles. The fourth-order valence-electron chi connectivity index (χ4n) is 1.46. The van der Waals surface area contributed by atoms with Crippen LogP contribution in [0.3, 0.4) is 0 Å². The van der Waals surface area contributed by atoms with Gasteiger partial charge >= 0.3 is 0 Å². The highest BCUT2D eigenvalue weighted by atomic mass is 79.9. The average Bonchev–Trinajstić information content (AvgIpc) is 2.28. The Hall–Kier alpha value is -1.24. The number of nitriles is 1. The van der Waals surface area contributed by atoms with Crippen molar-refractivity contribution in [3.8, 4) is 11.8 Å². The zero-order chi connectivity index (χ0) is 11.5. The summed E-state index contributed by atoms with van der Waals surface area (Å²) in [5, 5.41) is 10.9. The lowest BCUT2D eigenvalue weighted by molar-refractivity contribution is 0.369. The van der Waals surface area contributed by atoms with Gasteiger partial charge in [0.1, 0.15) is 11.8 Å². The van der Waals surface area contributed by atoms with E-state index in [-0.39, 0.29) is 6.61 Å². The Kier molecular flexibility index (Phi) is 3.33. The second-order valence-corrected chi connectivity index (χ2v) is 4.48. The minimum absolute atomic E-state index is 0.00174. The third-order valence-electron chi connectivity index (χ3n) is 2.17. The van der Waals surface area contributed by atoms with Crippen LogP contribution in [0.5, 0.6) is 5.75 Å². The predicted molar refractivity (Wildman–Crippen MR) is 67.8 cm³/mol. The van der Waals surface area contributed by atoms with Crippen molar-refractivity contribution in [2.24, 2.45) is 0 Å². The summed E-state index contributed by atoms with van der Waals surface area (Å²) in [6, 6.07) is 11.4. The molecular formula is C12H7BrClNO. The van der Waals surface area contributed by atoms with Crippen LogP contribution in [0, 0.1) is 11.3 Å². The molecule has 2 rings (SSSR count). The summed E-state index contributed by atoms with van der Waals surface area (Å²) >= 11 is 9.58. The van der Waals surface area contributed by atoms with Crippen LogP contribution in [0.25, 0.3) is 10.8 Å². The van der Waals surface area contributed by atoms with Gasteiger partial charge in [0.15, 0.2) is 6.61 Å². The van der Waals surface area contributed by atoms with Crippen molar-refractivity contribution in [1.29, 1.82) is 5.26 Å². The fraction of sp³-hybridized carbons (Fsp3) is 0.0833. The van der Waals surface area contributed by atoms with E-state index in [1.54, 1.807) is 6.07 Å². The zero-order valence-electron chi connectivity index (χ0n) is 8.21. The SMILES string of the molecule is N#CCOc1ccc2cc(Br)ccc2c1Cl. The summed E-state index contributed by atoms with van der Waals surface area (Å²) in [5.74, 6) is 0.540. The lowest BCUT2D eigenvalue weighted by Gasteiger charge is -2.07. The van der Waals surface area contributed by atoms with E-state index in [2.05, 4.69) is 15.9 Å². The number of hydrogen-bond donors (Lipinski definition) is 0. The van der Waals surface area contributed by atoms with Crippen LogP contribution in [-0.2, 0) is 0 Å². The van der Waals surface area contributed by atoms with E-state index in [1.807, 2.05) is 30.3 Å². The Balaban J connectivity index is 2.53. The molecule has 4 heteroatoms. The molecule has 0 radical (unpaired) electrons. The van der Waals surface area contributed by atoms with E-state index in [9.17, 15) is 0 Å². The van der Waals surface area contributed by atoms with Gasteiger partial charge in [0.05, 0.1) is 5.02 Å².